The summed E-state index contributed by atoms with van der Waals surface area (Å²) >= 11 is 0. The molecular formula is C37H48N4O8. The van der Waals surface area contributed by atoms with Crippen LogP contribution in [0.5, 0.6) is 17.4 Å². The second kappa shape index (κ2) is 13.5. The number of amides is 2. The van der Waals surface area contributed by atoms with E-state index in [1.165, 1.54) is 0 Å². The van der Waals surface area contributed by atoms with E-state index in [1.807, 2.05) is 32.9 Å². The van der Waals surface area contributed by atoms with E-state index in [0.717, 1.165) is 36.6 Å². The van der Waals surface area contributed by atoms with Gasteiger partial charge in [0.1, 0.15) is 35.3 Å². The van der Waals surface area contributed by atoms with E-state index < -0.39 is 35.4 Å². The molecule has 0 radical (unpaired) electrons. The minimum atomic E-state index is -0.936. The molecule has 12 heteroatoms. The molecule has 1 saturated carbocycles. The molecule has 1 saturated heterocycles. The van der Waals surface area contributed by atoms with Crippen LogP contribution in [0.3, 0.4) is 0 Å². The quantitative estimate of drug-likeness (QED) is 0.297. The molecule has 1 aromatic carbocycles. The molecular weight excluding hydrogens is 628 g/mol. The number of methoxy groups -OCH3 is 1. The van der Waals surface area contributed by atoms with Crippen molar-refractivity contribution in [1.82, 2.24) is 15.2 Å². The normalized spacial score (nSPS) is 27.0. The largest absolute Gasteiger partial charge is 0.496 e. The fraction of sp³-hybridized carbons (Fsp3) is 0.595. The van der Waals surface area contributed by atoms with Crippen molar-refractivity contribution in [3.63, 3.8) is 0 Å². The second-order valence-electron chi connectivity index (χ2n) is 14.7. The van der Waals surface area contributed by atoms with E-state index in [0.29, 0.717) is 42.2 Å². The van der Waals surface area contributed by atoms with Crippen LogP contribution in [0.15, 0.2) is 35.3 Å². The number of hydrogen-bond donors (Lipinski definition) is 1. The molecule has 3 aliphatic heterocycles. The van der Waals surface area contributed by atoms with Crippen LogP contribution in [0.1, 0.15) is 85.1 Å². The molecule has 1 aliphatic carbocycles. The Morgan fingerprint density at radius 3 is 2.67 bits per heavy atom. The van der Waals surface area contributed by atoms with Gasteiger partial charge >= 0.3 is 12.1 Å². The number of rotatable bonds is 6. The van der Waals surface area contributed by atoms with Gasteiger partial charge in [-0.05, 0) is 79.4 Å². The summed E-state index contributed by atoms with van der Waals surface area (Å²) in [5, 5.41) is 3.61. The lowest BCUT2D eigenvalue weighted by Crippen LogP contribution is -2.52. The first kappa shape index (κ1) is 34.5. The van der Waals surface area contributed by atoms with Gasteiger partial charge in [0, 0.05) is 29.4 Å². The Morgan fingerprint density at radius 1 is 1.14 bits per heavy atom. The predicted molar refractivity (Wildman–Crippen MR) is 183 cm³/mol. The number of esters is 1. The molecule has 4 heterocycles. The highest BCUT2D eigenvalue weighted by molar-refractivity contribution is 6.06. The number of aromatic nitrogens is 1. The summed E-state index contributed by atoms with van der Waals surface area (Å²) in [6.07, 6.45) is 7.68. The van der Waals surface area contributed by atoms with Crippen molar-refractivity contribution >= 4 is 34.8 Å². The fourth-order valence-corrected chi connectivity index (χ4v) is 6.93. The Labute approximate surface area is 287 Å². The van der Waals surface area contributed by atoms with Crippen LogP contribution in [-0.4, -0.2) is 82.8 Å². The maximum Gasteiger partial charge on any atom is 0.408 e. The summed E-state index contributed by atoms with van der Waals surface area (Å²) in [5.74, 6) is 1.15. The van der Waals surface area contributed by atoms with Crippen LogP contribution in [0.25, 0.3) is 10.9 Å². The topological polar surface area (TPSA) is 138 Å². The first-order valence-corrected chi connectivity index (χ1v) is 17.4. The van der Waals surface area contributed by atoms with Crippen LogP contribution >= 0.6 is 0 Å². The summed E-state index contributed by atoms with van der Waals surface area (Å²) in [6, 6.07) is 4.02. The third-order valence-corrected chi connectivity index (χ3v) is 9.39. The molecule has 49 heavy (non-hydrogen) atoms. The van der Waals surface area contributed by atoms with E-state index in [-0.39, 0.29) is 36.3 Å². The fourth-order valence-electron chi connectivity index (χ4n) is 6.93. The van der Waals surface area contributed by atoms with Gasteiger partial charge in [0.15, 0.2) is 5.54 Å². The van der Waals surface area contributed by atoms with Crippen molar-refractivity contribution in [2.24, 2.45) is 10.9 Å². The zero-order valence-corrected chi connectivity index (χ0v) is 29.5. The lowest BCUT2D eigenvalue weighted by Gasteiger charge is -2.29. The molecule has 4 aliphatic rings. The number of aliphatic imine (C=N–C) groups is 1. The summed E-state index contributed by atoms with van der Waals surface area (Å²) in [6.45, 7) is 11.3. The van der Waals surface area contributed by atoms with Gasteiger partial charge in [0.05, 0.1) is 25.3 Å². The average Bonchev–Trinajstić information content (AvgIpc) is 3.38. The molecule has 2 bridgehead atoms. The summed E-state index contributed by atoms with van der Waals surface area (Å²) in [5.41, 5.74) is -0.143. The maximum absolute atomic E-state index is 14.5. The number of alkyl carbamates (subject to hydrolysis) is 1. The number of nitrogens with one attached hydrogen (secondary N) is 1. The summed E-state index contributed by atoms with van der Waals surface area (Å²) < 4.78 is 29.7. The second-order valence-corrected chi connectivity index (χ2v) is 14.7. The highest BCUT2D eigenvalue weighted by Crippen LogP contribution is 2.52. The van der Waals surface area contributed by atoms with Crippen molar-refractivity contribution < 1.29 is 38.1 Å². The number of carbonyl (C=O) groups is 3. The third kappa shape index (κ3) is 7.33. The average molecular weight is 677 g/mol. The van der Waals surface area contributed by atoms with Crippen LogP contribution in [0.2, 0.25) is 0 Å². The summed E-state index contributed by atoms with van der Waals surface area (Å²) in [7, 11) is 1.62. The van der Waals surface area contributed by atoms with Crippen molar-refractivity contribution in [3.05, 3.63) is 35.9 Å². The number of benzene rings is 1. The molecule has 5 atom stereocenters. The van der Waals surface area contributed by atoms with E-state index in [9.17, 15) is 14.4 Å². The van der Waals surface area contributed by atoms with Gasteiger partial charge in [0.2, 0.25) is 17.7 Å². The Balaban J connectivity index is 1.35. The number of hydrogen-bond acceptors (Lipinski definition) is 10. The van der Waals surface area contributed by atoms with E-state index in [4.69, 9.17) is 33.7 Å². The number of pyridine rings is 1. The lowest BCUT2D eigenvalue weighted by molar-refractivity contribution is -0.138. The van der Waals surface area contributed by atoms with Gasteiger partial charge in [-0.3, -0.25) is 4.79 Å². The van der Waals surface area contributed by atoms with E-state index in [2.05, 4.69) is 17.5 Å². The zero-order chi connectivity index (χ0) is 35.1. The van der Waals surface area contributed by atoms with E-state index in [1.54, 1.807) is 38.8 Å². The Bertz CT molecular complexity index is 1680. The SMILES string of the molecule is COc1ccc2c(OC3CC4C5=NC6(CC6C=CCCCCCC(NC(=O)OC(C)(C)C)C(=O)N4C3)C(=O)O5)cc(OC(C)C)nc2c1C. The van der Waals surface area contributed by atoms with Gasteiger partial charge in [-0.25, -0.2) is 19.6 Å². The van der Waals surface area contributed by atoms with Gasteiger partial charge in [-0.2, -0.15) is 0 Å². The number of allylic oxidation sites excluding steroid dienone is 1. The molecule has 6 rings (SSSR count). The molecule has 2 fully saturated rings. The van der Waals surface area contributed by atoms with E-state index >= 15 is 0 Å². The monoisotopic (exact) mass is 676 g/mol. The number of aryl methyl sites for hydroxylation is 1. The number of nitrogens with zero attached hydrogens (tertiary/aromatic N) is 3. The van der Waals surface area contributed by atoms with Gasteiger partial charge in [-0.15, -0.1) is 0 Å². The van der Waals surface area contributed by atoms with Gasteiger partial charge < -0.3 is 33.9 Å². The highest BCUT2D eigenvalue weighted by atomic mass is 16.6. The molecule has 1 aromatic heterocycles. The number of ether oxygens (including phenoxy) is 5. The molecule has 2 amide bonds. The van der Waals surface area contributed by atoms with Gasteiger partial charge in [-0.1, -0.05) is 25.0 Å². The number of fused-ring (bicyclic) bond motifs is 3. The number of carbonyl (C=O) groups excluding carboxylic acids is 3. The Kier molecular flexibility index (Phi) is 9.52. The maximum atomic E-state index is 14.5. The van der Waals surface area contributed by atoms with Crippen molar-refractivity contribution in [2.75, 3.05) is 13.7 Å². The molecule has 2 aromatic rings. The molecule has 1 spiro atoms. The third-order valence-electron chi connectivity index (χ3n) is 9.39. The zero-order valence-electron chi connectivity index (χ0n) is 29.5. The standard InChI is InChI=1S/C37H48N4O8/c1-21(2)46-30-18-29(25-15-16-28(45-7)22(3)31(25)39-30)47-24-17-27-32-40-37(34(43)48-32)19-23(37)13-11-9-8-10-12-14-26(33(42)41(27)20-24)38-35(44)49-36(4,5)6/h11,13,15-16,18,21,23-24,26-27H,8-10,12,14,17,19-20H2,1-7H3,(H,38,44). The van der Waals surface area contributed by atoms with Crippen LogP contribution in [0, 0.1) is 12.8 Å². The van der Waals surface area contributed by atoms with Crippen LogP contribution < -0.4 is 19.5 Å². The van der Waals surface area contributed by atoms with Gasteiger partial charge in [0.25, 0.3) is 0 Å². The molecule has 1 N–H and O–H groups in total. The summed E-state index contributed by atoms with van der Waals surface area (Å²) in [4.78, 5) is 51.9. The Hall–Kier alpha value is -4.35. The first-order chi connectivity index (χ1) is 23.3. The highest BCUT2D eigenvalue weighted by Gasteiger charge is 2.65. The van der Waals surface area contributed by atoms with Crippen molar-refractivity contribution in [3.8, 4) is 17.4 Å². The van der Waals surface area contributed by atoms with Crippen molar-refractivity contribution in [2.45, 2.75) is 122 Å². The minimum Gasteiger partial charge on any atom is -0.496 e. The lowest BCUT2D eigenvalue weighted by atomic mass is 10.0. The Morgan fingerprint density at radius 2 is 1.94 bits per heavy atom. The molecule has 12 nitrogen and oxygen atoms in total. The van der Waals surface area contributed by atoms with Crippen LogP contribution in [-0.2, 0) is 19.1 Å². The molecule has 5 unspecified atom stereocenters. The smallest absolute Gasteiger partial charge is 0.408 e. The van der Waals surface area contributed by atoms with Crippen LogP contribution in [0.4, 0.5) is 4.79 Å². The predicted octanol–water partition coefficient (Wildman–Crippen LogP) is 5.81. The molecule has 264 valence electrons. The van der Waals surface area contributed by atoms with Crippen molar-refractivity contribution in [1.29, 1.82) is 0 Å². The minimum absolute atomic E-state index is 0.0235. The first-order valence-electron chi connectivity index (χ1n) is 17.4.